The number of benzene rings is 2. The molecule has 0 spiro atoms. The molecule has 2 rings (SSSR count). The molecule has 0 aromatic heterocycles. The maximum atomic E-state index is 11.6. The Labute approximate surface area is 235 Å². The molecule has 0 aliphatic carbocycles. The van der Waals surface area contributed by atoms with Crippen molar-refractivity contribution in [2.75, 3.05) is 26.4 Å². The second kappa shape index (κ2) is 20.2. The summed E-state index contributed by atoms with van der Waals surface area (Å²) in [7, 11) is 0. The maximum absolute atomic E-state index is 11.6. The SMILES string of the molecule is O=C([O-])c1ccccc1C(=O)OCCCCCO.O=C([O-])c1ccccc1C(=O)OCCCCCO.[Pb+2]. The second-order valence-electron chi connectivity index (χ2n) is 7.51. The predicted molar refractivity (Wildman–Crippen MR) is 130 cm³/mol. The molecule has 0 atom stereocenters. The van der Waals surface area contributed by atoms with Gasteiger partial charge in [-0.1, -0.05) is 36.4 Å². The largest absolute Gasteiger partial charge is 2.00 e. The average Bonchev–Trinajstić information content (AvgIpc) is 2.88. The van der Waals surface area contributed by atoms with Gasteiger partial charge in [0.2, 0.25) is 0 Å². The molecule has 2 aromatic rings. The van der Waals surface area contributed by atoms with E-state index in [1.54, 1.807) is 12.1 Å². The van der Waals surface area contributed by atoms with Crippen LogP contribution in [0.15, 0.2) is 48.5 Å². The Hall–Kier alpha value is -2.84. The van der Waals surface area contributed by atoms with Gasteiger partial charge in [-0.05, 0) is 50.7 Å². The number of carbonyl (C=O) groups excluding carboxylic acids is 4. The molecule has 0 aliphatic heterocycles. The third-order valence-electron chi connectivity index (χ3n) is 4.80. The van der Waals surface area contributed by atoms with Crippen molar-refractivity contribution in [3.05, 3.63) is 70.8 Å². The van der Waals surface area contributed by atoms with Crippen LogP contribution in [0.1, 0.15) is 80.0 Å². The van der Waals surface area contributed by atoms with Gasteiger partial charge in [-0.2, -0.15) is 0 Å². The van der Waals surface area contributed by atoms with Gasteiger partial charge in [0.1, 0.15) is 0 Å². The van der Waals surface area contributed by atoms with E-state index in [2.05, 4.69) is 0 Å². The van der Waals surface area contributed by atoms with Crippen molar-refractivity contribution >= 4 is 51.2 Å². The number of aliphatic hydroxyl groups excluding tert-OH is 2. The van der Waals surface area contributed by atoms with Crippen molar-refractivity contribution in [2.24, 2.45) is 0 Å². The minimum Gasteiger partial charge on any atom is -0.545 e. The molecule has 37 heavy (non-hydrogen) atoms. The smallest absolute Gasteiger partial charge is 0.545 e. The molecule has 2 radical (unpaired) electrons. The number of ether oxygens (including phenoxy) is 2. The molecule has 0 saturated carbocycles. The van der Waals surface area contributed by atoms with Gasteiger partial charge >= 0.3 is 39.2 Å². The quantitative estimate of drug-likeness (QED) is 0.159. The van der Waals surface area contributed by atoms with E-state index < -0.39 is 23.9 Å². The first-order chi connectivity index (χ1) is 17.3. The number of rotatable bonds is 14. The van der Waals surface area contributed by atoms with Crippen LogP contribution in [-0.2, 0) is 9.47 Å². The van der Waals surface area contributed by atoms with E-state index in [0.717, 1.165) is 12.8 Å². The van der Waals surface area contributed by atoms with Gasteiger partial charge in [0.05, 0.1) is 36.3 Å². The normalized spacial score (nSPS) is 9.78. The molecule has 0 amide bonds. The predicted octanol–water partition coefficient (Wildman–Crippen LogP) is 0.358. The summed E-state index contributed by atoms with van der Waals surface area (Å²) in [6.45, 7) is 0.642. The fourth-order valence-corrected chi connectivity index (χ4v) is 2.94. The summed E-state index contributed by atoms with van der Waals surface area (Å²) in [6.07, 6.45) is 4.11. The van der Waals surface area contributed by atoms with Crippen molar-refractivity contribution in [1.82, 2.24) is 0 Å². The Morgan fingerprint density at radius 3 is 1.19 bits per heavy atom. The van der Waals surface area contributed by atoms with Gasteiger partial charge in [0, 0.05) is 24.3 Å². The fraction of sp³-hybridized carbons (Fsp3) is 0.385. The van der Waals surface area contributed by atoms with Crippen LogP contribution in [0.5, 0.6) is 0 Å². The number of aromatic carboxylic acids is 2. The molecule has 0 unspecified atom stereocenters. The molecule has 0 saturated heterocycles. The Kier molecular flexibility index (Phi) is 18.7. The van der Waals surface area contributed by atoms with Gasteiger partial charge in [-0.15, -0.1) is 0 Å². The van der Waals surface area contributed by atoms with Gasteiger partial charge in [0.25, 0.3) is 0 Å². The Morgan fingerprint density at radius 2 is 0.892 bits per heavy atom. The Morgan fingerprint density at radius 1 is 0.568 bits per heavy atom. The monoisotopic (exact) mass is 710 g/mol. The molecular weight excluding hydrogens is 679 g/mol. The molecule has 0 heterocycles. The molecule has 11 heteroatoms. The number of carbonyl (C=O) groups is 4. The van der Waals surface area contributed by atoms with Crippen molar-refractivity contribution in [2.45, 2.75) is 38.5 Å². The molecule has 2 N–H and O–H groups in total. The molecule has 2 aromatic carbocycles. The van der Waals surface area contributed by atoms with Crippen molar-refractivity contribution in [1.29, 1.82) is 0 Å². The summed E-state index contributed by atoms with van der Waals surface area (Å²) >= 11 is 0. The Balaban J connectivity index is 0.000000682. The topological polar surface area (TPSA) is 173 Å². The van der Waals surface area contributed by atoms with E-state index in [4.69, 9.17) is 19.7 Å². The zero-order valence-electron chi connectivity index (χ0n) is 20.4. The minimum atomic E-state index is -1.40. The van der Waals surface area contributed by atoms with Gasteiger partial charge < -0.3 is 39.5 Å². The van der Waals surface area contributed by atoms with Gasteiger partial charge in [0.15, 0.2) is 0 Å². The number of carboxylic acids is 2. The third kappa shape index (κ3) is 13.3. The van der Waals surface area contributed by atoms with Crippen LogP contribution < -0.4 is 10.2 Å². The molecule has 0 fully saturated rings. The van der Waals surface area contributed by atoms with Crippen LogP contribution in [0.2, 0.25) is 0 Å². The molecular formula is C26H30O10Pb. The number of carboxylic acid groups (broad SMARTS) is 2. The van der Waals surface area contributed by atoms with Gasteiger partial charge in [-0.25, -0.2) is 9.59 Å². The van der Waals surface area contributed by atoms with Crippen LogP contribution in [0.3, 0.4) is 0 Å². The van der Waals surface area contributed by atoms with E-state index in [0.29, 0.717) is 25.7 Å². The summed E-state index contributed by atoms with van der Waals surface area (Å²) < 4.78 is 9.91. The number of aliphatic hydroxyl groups is 2. The zero-order valence-corrected chi connectivity index (χ0v) is 24.2. The van der Waals surface area contributed by atoms with E-state index in [1.807, 2.05) is 0 Å². The minimum absolute atomic E-state index is 0. The van der Waals surface area contributed by atoms with Crippen molar-refractivity contribution < 1.29 is 49.1 Å². The maximum Gasteiger partial charge on any atom is 2.00 e. The first kappa shape index (κ1) is 34.2. The number of hydrogen-bond acceptors (Lipinski definition) is 10. The van der Waals surface area contributed by atoms with Crippen LogP contribution in [0, 0.1) is 0 Å². The molecule has 0 bridgehead atoms. The van der Waals surface area contributed by atoms with E-state index in [9.17, 15) is 29.4 Å². The summed E-state index contributed by atoms with van der Waals surface area (Å²) in [5.41, 5.74) is -0.338. The first-order valence-corrected chi connectivity index (χ1v) is 11.5. The number of unbranched alkanes of at least 4 members (excludes halogenated alkanes) is 4. The van der Waals surface area contributed by atoms with Crippen LogP contribution in [0.25, 0.3) is 0 Å². The first-order valence-electron chi connectivity index (χ1n) is 11.5. The number of esters is 2. The van der Waals surface area contributed by atoms with Crippen molar-refractivity contribution in [3.63, 3.8) is 0 Å². The Bertz CT molecular complexity index is 913. The molecule has 0 aliphatic rings. The van der Waals surface area contributed by atoms with E-state index in [-0.39, 0.29) is 76.0 Å². The van der Waals surface area contributed by atoms with Gasteiger partial charge in [-0.3, -0.25) is 0 Å². The second-order valence-corrected chi connectivity index (χ2v) is 7.51. The average molecular weight is 710 g/mol. The fourth-order valence-electron chi connectivity index (χ4n) is 2.94. The standard InChI is InChI=1S/2C13H16O5.Pb/c2*14-8-4-1-5-9-18-13(17)11-7-3-2-6-10(11)12(15)16;/h2*2-3,6-7,14H,1,4-5,8-9H2,(H,15,16);/q;;+2/p-2. The third-order valence-corrected chi connectivity index (χ3v) is 4.80. The number of hydrogen-bond donors (Lipinski definition) is 2. The summed E-state index contributed by atoms with van der Waals surface area (Å²) in [5, 5.41) is 38.7. The van der Waals surface area contributed by atoms with Crippen molar-refractivity contribution in [3.8, 4) is 0 Å². The summed E-state index contributed by atoms with van der Waals surface area (Å²) in [5.74, 6) is -4.14. The summed E-state index contributed by atoms with van der Waals surface area (Å²) in [6, 6.07) is 11.5. The van der Waals surface area contributed by atoms with E-state index in [1.165, 1.54) is 36.4 Å². The van der Waals surface area contributed by atoms with Crippen LogP contribution in [-0.4, -0.2) is 87.8 Å². The molecule has 198 valence electrons. The van der Waals surface area contributed by atoms with Crippen LogP contribution in [0.4, 0.5) is 0 Å². The molecule has 10 nitrogen and oxygen atoms in total. The summed E-state index contributed by atoms with van der Waals surface area (Å²) in [4.78, 5) is 44.9. The zero-order chi connectivity index (χ0) is 26.8. The van der Waals surface area contributed by atoms with E-state index >= 15 is 0 Å². The van der Waals surface area contributed by atoms with Crippen LogP contribution >= 0.6 is 0 Å².